The molecule has 0 radical (unpaired) electrons. The van der Waals surface area contributed by atoms with E-state index in [1.165, 1.54) is 12.1 Å². The molecule has 0 amide bonds. The van der Waals surface area contributed by atoms with Crippen LogP contribution in [0.15, 0.2) is 42.5 Å². The summed E-state index contributed by atoms with van der Waals surface area (Å²) in [5.41, 5.74) is 2.46. The van der Waals surface area contributed by atoms with Crippen LogP contribution in [0, 0.1) is 23.0 Å². The van der Waals surface area contributed by atoms with E-state index in [1.807, 2.05) is 12.1 Å². The summed E-state index contributed by atoms with van der Waals surface area (Å²) < 4.78 is 26.5. The minimum Gasteiger partial charge on any atom is -0.207 e. The van der Waals surface area contributed by atoms with Gasteiger partial charge in [0.2, 0.25) is 0 Å². The molecule has 0 fully saturated rings. The van der Waals surface area contributed by atoms with Gasteiger partial charge in [-0.2, -0.15) is 15.6 Å². The average Bonchev–Trinajstić information content (AvgIpc) is 3.03. The van der Waals surface area contributed by atoms with Crippen molar-refractivity contribution in [2.24, 2.45) is 0 Å². The molecule has 0 aliphatic carbocycles. The van der Waals surface area contributed by atoms with Crippen molar-refractivity contribution in [3.05, 3.63) is 70.9 Å². The molecular weight excluding hydrogens is 298 g/mol. The monoisotopic (exact) mass is 308 g/mol. The topological polar surface area (TPSA) is 65.4 Å². The maximum absolute atomic E-state index is 13.6. The second-order valence-corrected chi connectivity index (χ2v) is 4.76. The first kappa shape index (κ1) is 14.6. The number of nitrogens with one attached hydrogen (secondary N) is 1. The van der Waals surface area contributed by atoms with E-state index in [-0.39, 0.29) is 11.3 Å². The van der Waals surface area contributed by atoms with Crippen molar-refractivity contribution in [1.29, 1.82) is 5.26 Å². The highest BCUT2D eigenvalue weighted by atomic mass is 19.1. The predicted molar refractivity (Wildman–Crippen MR) is 81.8 cm³/mol. The highest BCUT2D eigenvalue weighted by molar-refractivity contribution is 5.74. The summed E-state index contributed by atoms with van der Waals surface area (Å²) in [4.78, 5) is 0. The Morgan fingerprint density at radius 1 is 1.04 bits per heavy atom. The zero-order valence-corrected chi connectivity index (χ0v) is 11.8. The van der Waals surface area contributed by atoms with E-state index in [2.05, 4.69) is 15.4 Å². The molecule has 23 heavy (non-hydrogen) atoms. The van der Waals surface area contributed by atoms with E-state index >= 15 is 0 Å². The fourth-order valence-electron chi connectivity index (χ4n) is 2.12. The Morgan fingerprint density at radius 2 is 1.91 bits per heavy atom. The van der Waals surface area contributed by atoms with Crippen molar-refractivity contribution in [2.45, 2.75) is 0 Å². The number of benzene rings is 2. The number of halogens is 2. The van der Waals surface area contributed by atoms with Crippen molar-refractivity contribution in [1.82, 2.24) is 15.4 Å². The Labute approximate surface area is 130 Å². The average molecular weight is 308 g/mol. The molecule has 3 rings (SSSR count). The van der Waals surface area contributed by atoms with Crippen LogP contribution in [0.2, 0.25) is 0 Å². The van der Waals surface area contributed by atoms with Gasteiger partial charge in [-0.25, -0.2) is 8.78 Å². The summed E-state index contributed by atoms with van der Waals surface area (Å²) in [6.07, 6.45) is 3.26. The van der Waals surface area contributed by atoms with Crippen LogP contribution in [-0.2, 0) is 0 Å². The second kappa shape index (κ2) is 6.20. The fraction of sp³-hybridized carbons (Fsp3) is 0. The van der Waals surface area contributed by atoms with Gasteiger partial charge in [-0.3, -0.25) is 0 Å². The number of nitriles is 1. The predicted octanol–water partition coefficient (Wildman–Crippen LogP) is 3.79. The first-order valence-electron chi connectivity index (χ1n) is 6.72. The number of rotatable bonds is 3. The van der Waals surface area contributed by atoms with Gasteiger partial charge in [-0.05, 0) is 23.8 Å². The highest BCUT2D eigenvalue weighted by Crippen LogP contribution is 2.21. The molecule has 0 bridgehead atoms. The summed E-state index contributed by atoms with van der Waals surface area (Å²) in [5, 5.41) is 19.1. The number of H-pyrrole nitrogens is 1. The summed E-state index contributed by atoms with van der Waals surface area (Å²) >= 11 is 0. The van der Waals surface area contributed by atoms with Crippen LogP contribution in [-0.4, -0.2) is 15.4 Å². The Bertz CT molecular complexity index is 922. The summed E-state index contributed by atoms with van der Waals surface area (Å²) in [6.45, 7) is 0. The zero-order valence-electron chi connectivity index (χ0n) is 11.8. The van der Waals surface area contributed by atoms with Gasteiger partial charge in [0.1, 0.15) is 23.4 Å². The van der Waals surface area contributed by atoms with Gasteiger partial charge in [-0.15, -0.1) is 5.10 Å². The van der Waals surface area contributed by atoms with Crippen molar-refractivity contribution in [3.8, 4) is 17.3 Å². The number of aromatic nitrogens is 3. The van der Waals surface area contributed by atoms with Gasteiger partial charge in [0, 0.05) is 17.2 Å². The number of hydrogen-bond donors (Lipinski definition) is 1. The summed E-state index contributed by atoms with van der Waals surface area (Å²) in [7, 11) is 0. The molecule has 1 aromatic heterocycles. The molecular formula is C17H10F2N4. The molecule has 1 N–H and O–H groups in total. The van der Waals surface area contributed by atoms with Gasteiger partial charge >= 0.3 is 0 Å². The molecule has 3 aromatic rings. The Balaban J connectivity index is 1.91. The van der Waals surface area contributed by atoms with Gasteiger partial charge in [-0.1, -0.05) is 30.4 Å². The first-order chi connectivity index (χ1) is 11.2. The van der Waals surface area contributed by atoms with Crippen LogP contribution in [0.5, 0.6) is 0 Å². The lowest BCUT2D eigenvalue weighted by Crippen LogP contribution is -1.85. The molecule has 6 heteroatoms. The Hall–Kier alpha value is -3.33. The van der Waals surface area contributed by atoms with Gasteiger partial charge in [0.15, 0.2) is 5.69 Å². The lowest BCUT2D eigenvalue weighted by Gasteiger charge is -2.00. The zero-order chi connectivity index (χ0) is 16.2. The molecule has 4 nitrogen and oxygen atoms in total. The standard InChI is InChI=1S/C17H10F2N4/c18-14-7-6-12(15(19)9-14)5-4-11-2-1-3-13(8-11)17-16(10-20)21-23-22-17/h1-9H,(H,21,22,23)/b5-4+. The SMILES string of the molecule is N#Cc1n[nH]nc1-c1cccc(/C=C/c2ccc(F)cc2F)c1. The summed E-state index contributed by atoms with van der Waals surface area (Å²) in [5.74, 6) is -1.24. The second-order valence-electron chi connectivity index (χ2n) is 4.76. The van der Waals surface area contributed by atoms with Crippen LogP contribution < -0.4 is 0 Å². The van der Waals surface area contributed by atoms with E-state index in [1.54, 1.807) is 30.4 Å². The third-order valence-electron chi connectivity index (χ3n) is 3.23. The minimum absolute atomic E-state index is 0.204. The van der Waals surface area contributed by atoms with E-state index in [9.17, 15) is 8.78 Å². The molecule has 0 aliphatic heterocycles. The third kappa shape index (κ3) is 3.14. The molecule has 0 unspecified atom stereocenters. The Kier molecular flexibility index (Phi) is 3.93. The van der Waals surface area contributed by atoms with Crippen LogP contribution in [0.3, 0.4) is 0 Å². The van der Waals surface area contributed by atoms with E-state index in [0.29, 0.717) is 5.69 Å². The lowest BCUT2D eigenvalue weighted by molar-refractivity contribution is 0.581. The third-order valence-corrected chi connectivity index (χ3v) is 3.23. The highest BCUT2D eigenvalue weighted by Gasteiger charge is 2.09. The lowest BCUT2D eigenvalue weighted by atomic mass is 10.1. The maximum atomic E-state index is 13.6. The van der Waals surface area contributed by atoms with Crippen molar-refractivity contribution >= 4 is 12.2 Å². The van der Waals surface area contributed by atoms with Crippen LogP contribution in [0.1, 0.15) is 16.8 Å². The van der Waals surface area contributed by atoms with Crippen molar-refractivity contribution in [2.75, 3.05) is 0 Å². The van der Waals surface area contributed by atoms with E-state index < -0.39 is 11.6 Å². The van der Waals surface area contributed by atoms with Gasteiger partial charge in [0.25, 0.3) is 0 Å². The molecule has 0 atom stereocenters. The van der Waals surface area contributed by atoms with Crippen LogP contribution in [0.4, 0.5) is 8.78 Å². The molecule has 0 saturated carbocycles. The van der Waals surface area contributed by atoms with E-state index in [4.69, 9.17) is 5.26 Å². The first-order valence-corrected chi connectivity index (χ1v) is 6.72. The number of nitrogens with zero attached hydrogens (tertiary/aromatic N) is 3. The Morgan fingerprint density at radius 3 is 2.70 bits per heavy atom. The molecule has 2 aromatic carbocycles. The minimum atomic E-state index is -0.624. The number of aromatic amines is 1. The summed E-state index contributed by atoms with van der Waals surface area (Å²) in [6, 6.07) is 12.6. The van der Waals surface area contributed by atoms with Crippen LogP contribution >= 0.6 is 0 Å². The van der Waals surface area contributed by atoms with Crippen molar-refractivity contribution < 1.29 is 8.78 Å². The quantitative estimate of drug-likeness (QED) is 0.749. The van der Waals surface area contributed by atoms with Crippen molar-refractivity contribution in [3.63, 3.8) is 0 Å². The molecule has 0 aliphatic rings. The molecule has 1 heterocycles. The molecule has 0 saturated heterocycles. The largest absolute Gasteiger partial charge is 0.207 e. The molecule has 112 valence electrons. The van der Waals surface area contributed by atoms with Crippen LogP contribution in [0.25, 0.3) is 23.4 Å². The van der Waals surface area contributed by atoms with Gasteiger partial charge in [0.05, 0.1) is 0 Å². The van der Waals surface area contributed by atoms with Gasteiger partial charge < -0.3 is 0 Å². The normalized spacial score (nSPS) is 10.8. The maximum Gasteiger partial charge on any atom is 0.190 e. The van der Waals surface area contributed by atoms with E-state index in [0.717, 1.165) is 17.2 Å². The number of hydrogen-bond acceptors (Lipinski definition) is 3. The fourth-order valence-corrected chi connectivity index (χ4v) is 2.12. The smallest absolute Gasteiger partial charge is 0.190 e. The molecule has 0 spiro atoms.